The molecule has 0 aliphatic carbocycles. The Kier molecular flexibility index (Phi) is 6.52. The van der Waals surface area contributed by atoms with Crippen molar-refractivity contribution in [2.45, 2.75) is 19.0 Å². The van der Waals surface area contributed by atoms with Crippen molar-refractivity contribution in [3.63, 3.8) is 0 Å². The molecule has 0 saturated heterocycles. The fourth-order valence-corrected chi connectivity index (χ4v) is 3.28. The van der Waals surface area contributed by atoms with Gasteiger partial charge in [0.25, 0.3) is 0 Å². The lowest BCUT2D eigenvalue weighted by Crippen LogP contribution is -2.42. The Morgan fingerprint density at radius 2 is 2.14 bits per heavy atom. The van der Waals surface area contributed by atoms with Crippen LogP contribution >= 0.6 is 11.3 Å². The van der Waals surface area contributed by atoms with Gasteiger partial charge in [-0.2, -0.15) is 5.10 Å². The number of thiazole rings is 1. The highest BCUT2D eigenvalue weighted by Crippen LogP contribution is 2.17. The maximum Gasteiger partial charge on any atom is 0.243 e. The molecule has 0 aliphatic heterocycles. The first kappa shape index (κ1) is 19.7. The number of rotatable bonds is 9. The van der Waals surface area contributed by atoms with Gasteiger partial charge < -0.3 is 5.32 Å². The van der Waals surface area contributed by atoms with Gasteiger partial charge in [-0.25, -0.2) is 4.98 Å². The number of nitrogens with one attached hydrogen (secondary N) is 2. The number of anilines is 1. The summed E-state index contributed by atoms with van der Waals surface area (Å²) >= 11 is 1.54. The van der Waals surface area contributed by atoms with E-state index in [4.69, 9.17) is 0 Å². The molecule has 2 N–H and O–H groups in total. The molecule has 28 heavy (non-hydrogen) atoms. The van der Waals surface area contributed by atoms with Crippen molar-refractivity contribution in [3.8, 4) is 0 Å². The molecular formula is C21H23N5OS. The molecule has 1 atom stereocenters. The van der Waals surface area contributed by atoms with Crippen LogP contribution in [-0.2, 0) is 24.8 Å². The van der Waals surface area contributed by atoms with Crippen LogP contribution in [0.15, 0.2) is 66.5 Å². The third kappa shape index (κ3) is 5.03. The average Bonchev–Trinajstić information content (AvgIpc) is 3.35. The summed E-state index contributed by atoms with van der Waals surface area (Å²) in [5, 5.41) is 12.6. The van der Waals surface area contributed by atoms with Gasteiger partial charge in [-0.1, -0.05) is 49.6 Å². The summed E-state index contributed by atoms with van der Waals surface area (Å²) in [7, 11) is 1.78. The van der Waals surface area contributed by atoms with E-state index in [2.05, 4.69) is 33.9 Å². The molecule has 0 fully saturated rings. The fraction of sp³-hybridized carbons (Fsp3) is 0.190. The third-order valence-corrected chi connectivity index (χ3v) is 4.95. The minimum absolute atomic E-state index is 0.127. The highest BCUT2D eigenvalue weighted by Gasteiger charge is 2.20. The number of allylic oxidation sites excluding steroid dienone is 2. The van der Waals surface area contributed by atoms with Gasteiger partial charge in [0.05, 0.1) is 22.9 Å². The van der Waals surface area contributed by atoms with Gasteiger partial charge in [-0.3, -0.25) is 14.8 Å². The Labute approximate surface area is 168 Å². The van der Waals surface area contributed by atoms with Crippen LogP contribution in [0, 0.1) is 0 Å². The molecule has 6 nitrogen and oxygen atoms in total. The molecule has 144 valence electrons. The molecule has 0 spiro atoms. The monoisotopic (exact) mass is 393 g/mol. The first-order valence-electron chi connectivity index (χ1n) is 8.88. The van der Waals surface area contributed by atoms with Gasteiger partial charge in [-0.05, 0) is 17.6 Å². The maximum atomic E-state index is 13.0. The van der Waals surface area contributed by atoms with Crippen LogP contribution in [0.5, 0.6) is 0 Å². The topological polar surface area (TPSA) is 71.8 Å². The van der Waals surface area contributed by atoms with Crippen LogP contribution in [0.25, 0.3) is 5.57 Å². The summed E-state index contributed by atoms with van der Waals surface area (Å²) in [6.45, 7) is 8.14. The Balaban J connectivity index is 1.74. The molecule has 7 heteroatoms. The summed E-state index contributed by atoms with van der Waals surface area (Å²) in [4.78, 5) is 17.3. The molecule has 0 aliphatic rings. The first-order valence-corrected chi connectivity index (χ1v) is 9.82. The Hall–Kier alpha value is -3.03. The third-order valence-electron chi connectivity index (χ3n) is 4.32. The van der Waals surface area contributed by atoms with Crippen molar-refractivity contribution in [1.82, 2.24) is 20.1 Å². The van der Waals surface area contributed by atoms with Crippen molar-refractivity contribution < 1.29 is 4.79 Å². The number of carbonyl (C=O) groups excluding carboxylic acids is 1. The van der Waals surface area contributed by atoms with E-state index < -0.39 is 6.04 Å². The second-order valence-corrected chi connectivity index (χ2v) is 7.08. The van der Waals surface area contributed by atoms with E-state index in [-0.39, 0.29) is 5.91 Å². The average molecular weight is 394 g/mol. The molecular weight excluding hydrogens is 370 g/mol. The highest BCUT2D eigenvalue weighted by atomic mass is 32.1. The molecule has 2 aromatic heterocycles. The molecule has 0 saturated carbocycles. The van der Waals surface area contributed by atoms with Crippen molar-refractivity contribution >= 4 is 28.6 Å². The van der Waals surface area contributed by atoms with Gasteiger partial charge in [-0.15, -0.1) is 11.3 Å². The second-order valence-electron chi connectivity index (χ2n) is 6.36. The summed E-state index contributed by atoms with van der Waals surface area (Å²) in [5.41, 5.74) is 5.17. The normalized spacial score (nSPS) is 11.8. The van der Waals surface area contributed by atoms with Crippen molar-refractivity contribution in [3.05, 3.63) is 83.5 Å². The number of aryl methyl sites for hydroxylation is 1. The molecule has 1 amide bonds. The molecule has 0 radical (unpaired) electrons. The Bertz CT molecular complexity index is 947. The van der Waals surface area contributed by atoms with Gasteiger partial charge >= 0.3 is 0 Å². The zero-order valence-electron chi connectivity index (χ0n) is 15.8. The Morgan fingerprint density at radius 1 is 1.36 bits per heavy atom. The zero-order chi connectivity index (χ0) is 19.9. The quantitative estimate of drug-likeness (QED) is 0.547. The van der Waals surface area contributed by atoms with E-state index in [1.54, 1.807) is 29.4 Å². The van der Waals surface area contributed by atoms with Crippen LogP contribution in [-0.4, -0.2) is 26.7 Å². The minimum atomic E-state index is -0.412. The lowest BCUT2D eigenvalue weighted by molar-refractivity contribution is -0.118. The van der Waals surface area contributed by atoms with E-state index in [1.165, 1.54) is 11.3 Å². The molecule has 2 heterocycles. The minimum Gasteiger partial charge on any atom is -0.310 e. The number of nitrogens with zero attached hydrogens (tertiary/aromatic N) is 3. The van der Waals surface area contributed by atoms with E-state index in [1.807, 2.05) is 35.7 Å². The first-order chi connectivity index (χ1) is 13.6. The van der Waals surface area contributed by atoms with Crippen molar-refractivity contribution in [1.29, 1.82) is 0 Å². The lowest BCUT2D eigenvalue weighted by Gasteiger charge is -2.18. The number of hydrogen-bond acceptors (Lipinski definition) is 5. The van der Waals surface area contributed by atoms with Gasteiger partial charge in [0.1, 0.15) is 5.82 Å². The number of aromatic nitrogens is 3. The molecule has 3 rings (SSSR count). The Morgan fingerprint density at radius 3 is 2.82 bits per heavy atom. The number of hydrogen-bond donors (Lipinski definition) is 2. The molecule has 0 bridgehead atoms. The summed E-state index contributed by atoms with van der Waals surface area (Å²) in [6.07, 6.45) is 2.21. The number of benzene rings is 1. The van der Waals surface area contributed by atoms with Crippen LogP contribution in [0.2, 0.25) is 0 Å². The van der Waals surface area contributed by atoms with Crippen LogP contribution in [0.1, 0.15) is 17.0 Å². The van der Waals surface area contributed by atoms with Gasteiger partial charge in [0.2, 0.25) is 5.91 Å². The van der Waals surface area contributed by atoms with Gasteiger partial charge in [0, 0.05) is 25.0 Å². The van der Waals surface area contributed by atoms with Crippen molar-refractivity contribution in [2.24, 2.45) is 7.05 Å². The summed E-state index contributed by atoms with van der Waals surface area (Å²) in [6, 6.07) is 11.3. The van der Waals surface area contributed by atoms with Crippen LogP contribution in [0.3, 0.4) is 0 Å². The standard InChI is InChI=1S/C21H23N5OS/c1-4-15(2)18-11-20(26(3)25-18)24-21(27)19(10-16-8-6-5-7-9-16)22-12-17-13-28-14-23-17/h4-9,11,13-14,19,22H,1-2,10,12H2,3H3,(H,24,27). The van der Waals surface area contributed by atoms with Crippen LogP contribution < -0.4 is 10.6 Å². The number of carbonyl (C=O) groups is 1. The summed E-state index contributed by atoms with van der Waals surface area (Å²) < 4.78 is 1.63. The largest absolute Gasteiger partial charge is 0.310 e. The smallest absolute Gasteiger partial charge is 0.243 e. The lowest BCUT2D eigenvalue weighted by atomic mass is 10.1. The maximum absolute atomic E-state index is 13.0. The number of amides is 1. The van der Waals surface area contributed by atoms with Crippen LogP contribution in [0.4, 0.5) is 5.82 Å². The SMILES string of the molecule is C=CC(=C)c1cc(NC(=O)C(Cc2ccccc2)NCc2cscn2)n(C)n1. The molecule has 3 aromatic rings. The molecule has 1 aromatic carbocycles. The van der Waals surface area contributed by atoms with E-state index >= 15 is 0 Å². The van der Waals surface area contributed by atoms with Crippen molar-refractivity contribution in [2.75, 3.05) is 5.32 Å². The predicted molar refractivity (Wildman–Crippen MR) is 114 cm³/mol. The van der Waals surface area contributed by atoms with E-state index in [0.29, 0.717) is 30.1 Å². The fourth-order valence-electron chi connectivity index (χ4n) is 2.72. The molecule has 1 unspecified atom stereocenters. The van der Waals surface area contributed by atoms with Gasteiger partial charge in [0.15, 0.2) is 0 Å². The van der Waals surface area contributed by atoms with E-state index in [0.717, 1.165) is 11.3 Å². The van der Waals surface area contributed by atoms with E-state index in [9.17, 15) is 4.79 Å². The summed E-state index contributed by atoms with van der Waals surface area (Å²) in [5.74, 6) is 0.481. The highest BCUT2D eigenvalue weighted by molar-refractivity contribution is 7.07. The predicted octanol–water partition coefficient (Wildman–Crippen LogP) is 3.42. The zero-order valence-corrected chi connectivity index (χ0v) is 16.6. The second kappa shape index (κ2) is 9.25.